The molecular weight excluding hydrogens is 484 g/mol. The van der Waals surface area contributed by atoms with Gasteiger partial charge in [0.05, 0.1) is 52.5 Å². The number of nitriles is 1. The maximum Gasteiger partial charge on any atom is 0.240 e. The van der Waals surface area contributed by atoms with Crippen LogP contribution < -0.4 is 14.4 Å². The summed E-state index contributed by atoms with van der Waals surface area (Å²) in [6.07, 6.45) is 1.79. The van der Waals surface area contributed by atoms with Crippen molar-refractivity contribution < 1.29 is 28.6 Å². The summed E-state index contributed by atoms with van der Waals surface area (Å²) in [5, 5.41) is 10.9. The summed E-state index contributed by atoms with van der Waals surface area (Å²) < 4.78 is 17.9. The van der Waals surface area contributed by atoms with Crippen LogP contribution in [-0.2, 0) is 14.3 Å². The Hall–Kier alpha value is -4.22. The van der Waals surface area contributed by atoms with E-state index in [-0.39, 0.29) is 30.8 Å². The van der Waals surface area contributed by atoms with Gasteiger partial charge in [-0.25, -0.2) is 4.90 Å². The number of carbonyl (C=O) groups is 3. The first-order valence-corrected chi connectivity index (χ1v) is 12.8. The smallest absolute Gasteiger partial charge is 0.240 e. The molecule has 2 bridgehead atoms. The first-order chi connectivity index (χ1) is 18.3. The molecule has 0 N–H and O–H groups in total. The van der Waals surface area contributed by atoms with Crippen molar-refractivity contribution in [3.63, 3.8) is 0 Å². The number of imide groups is 1. The number of ether oxygens (including phenoxy) is 3. The maximum absolute atomic E-state index is 14.0. The Labute approximate surface area is 218 Å². The number of fused-ring (bicyclic) bond motifs is 7. The van der Waals surface area contributed by atoms with Crippen molar-refractivity contribution in [3.05, 3.63) is 65.7 Å². The molecule has 4 aliphatic rings. The Morgan fingerprint density at radius 3 is 2.63 bits per heavy atom. The Bertz CT molecular complexity index is 1610. The minimum Gasteiger partial charge on any atom is -0.493 e. The van der Waals surface area contributed by atoms with Gasteiger partial charge in [-0.1, -0.05) is 24.3 Å². The molecular formula is C30H24N2O6. The van der Waals surface area contributed by atoms with Crippen molar-refractivity contribution in [2.75, 3.05) is 18.1 Å². The molecule has 3 aromatic carbocycles. The molecule has 0 aromatic heterocycles. The summed E-state index contributed by atoms with van der Waals surface area (Å²) in [7, 11) is 0. The van der Waals surface area contributed by atoms with Crippen LogP contribution in [0.5, 0.6) is 11.5 Å². The number of rotatable bonds is 5. The van der Waals surface area contributed by atoms with Crippen LogP contribution in [0, 0.1) is 23.2 Å². The van der Waals surface area contributed by atoms with E-state index in [0.29, 0.717) is 58.3 Å². The predicted octanol–water partition coefficient (Wildman–Crippen LogP) is 4.18. The van der Waals surface area contributed by atoms with E-state index in [0.717, 1.165) is 0 Å². The minimum atomic E-state index is -0.799. The van der Waals surface area contributed by atoms with E-state index in [1.807, 2.05) is 31.2 Å². The number of hydrogen-bond acceptors (Lipinski definition) is 7. The minimum absolute atomic E-state index is 0.0402. The molecule has 0 saturated carbocycles. The Morgan fingerprint density at radius 1 is 1.03 bits per heavy atom. The number of ketones is 1. The number of benzene rings is 3. The van der Waals surface area contributed by atoms with Crippen molar-refractivity contribution >= 4 is 34.1 Å². The summed E-state index contributed by atoms with van der Waals surface area (Å²) in [6.45, 7) is 2.26. The molecule has 4 heterocycles. The van der Waals surface area contributed by atoms with Gasteiger partial charge in [0, 0.05) is 23.3 Å². The Kier molecular flexibility index (Phi) is 4.76. The lowest BCUT2D eigenvalue weighted by molar-refractivity contribution is -0.131. The molecule has 3 fully saturated rings. The van der Waals surface area contributed by atoms with Gasteiger partial charge < -0.3 is 14.2 Å². The molecule has 2 amide bonds. The summed E-state index contributed by atoms with van der Waals surface area (Å²) in [6, 6.07) is 18.0. The van der Waals surface area contributed by atoms with Gasteiger partial charge >= 0.3 is 0 Å². The lowest BCUT2D eigenvalue weighted by Crippen LogP contribution is -2.43. The number of Topliss-reactive ketones (excluding diaryl/α,β-unsaturated/α-hetero) is 1. The standard InChI is InChI=1S/C30H24N2O6/c1-29-10-11-30(38-29,12-13-36-18-7-8-21-23(33)16-37-24(21)14-18)26-25(29)27(34)32(28(26)35)22-9-6-17(15-31)19-4-2-3-5-20(19)22/h2-9,14,25-26H,10-13,16H2,1H3/t25-,26+,29-,30-/m1/s1. The third-order valence-corrected chi connectivity index (χ3v) is 8.68. The maximum atomic E-state index is 14.0. The normalized spacial score (nSPS) is 28.9. The predicted molar refractivity (Wildman–Crippen MR) is 136 cm³/mol. The summed E-state index contributed by atoms with van der Waals surface area (Å²) in [5.41, 5.74) is 0.0259. The second kappa shape index (κ2) is 7.89. The van der Waals surface area contributed by atoms with Gasteiger partial charge in [0.2, 0.25) is 17.6 Å². The molecule has 8 heteroatoms. The summed E-state index contributed by atoms with van der Waals surface area (Å²) >= 11 is 0. The monoisotopic (exact) mass is 508 g/mol. The van der Waals surface area contributed by atoms with E-state index in [1.54, 1.807) is 30.3 Å². The third kappa shape index (κ3) is 3.02. The summed E-state index contributed by atoms with van der Waals surface area (Å²) in [4.78, 5) is 41.0. The van der Waals surface area contributed by atoms with E-state index in [2.05, 4.69) is 6.07 Å². The van der Waals surface area contributed by atoms with Crippen LogP contribution in [0.15, 0.2) is 54.6 Å². The highest BCUT2D eigenvalue weighted by atomic mass is 16.5. The van der Waals surface area contributed by atoms with Crippen LogP contribution >= 0.6 is 0 Å². The van der Waals surface area contributed by atoms with Gasteiger partial charge in [-0.15, -0.1) is 0 Å². The molecule has 8 nitrogen and oxygen atoms in total. The Morgan fingerprint density at radius 2 is 1.82 bits per heavy atom. The van der Waals surface area contributed by atoms with E-state index in [9.17, 15) is 19.6 Å². The number of carbonyl (C=O) groups excluding carboxylic acids is 3. The van der Waals surface area contributed by atoms with Crippen LogP contribution in [-0.4, -0.2) is 42.0 Å². The van der Waals surface area contributed by atoms with Crippen LogP contribution in [0.3, 0.4) is 0 Å². The fourth-order valence-electron chi connectivity index (χ4n) is 6.93. The molecule has 3 aromatic rings. The van der Waals surface area contributed by atoms with Crippen LogP contribution in [0.1, 0.15) is 42.1 Å². The number of amides is 2. The zero-order valence-electron chi connectivity index (χ0n) is 20.7. The third-order valence-electron chi connectivity index (χ3n) is 8.68. The van der Waals surface area contributed by atoms with Crippen LogP contribution in [0.2, 0.25) is 0 Å². The van der Waals surface area contributed by atoms with Crippen LogP contribution in [0.25, 0.3) is 10.8 Å². The second-order valence-electron chi connectivity index (χ2n) is 10.7. The lowest BCUT2D eigenvalue weighted by Gasteiger charge is -2.31. The summed E-state index contributed by atoms with van der Waals surface area (Å²) in [5.74, 6) is -0.652. The topological polar surface area (TPSA) is 106 Å². The molecule has 0 aliphatic carbocycles. The number of nitrogens with zero attached hydrogens (tertiary/aromatic N) is 2. The largest absolute Gasteiger partial charge is 0.493 e. The molecule has 4 aliphatic heterocycles. The van der Waals surface area contributed by atoms with E-state index in [4.69, 9.17) is 14.2 Å². The molecule has 0 radical (unpaired) electrons. The van der Waals surface area contributed by atoms with Crippen molar-refractivity contribution in [3.8, 4) is 17.6 Å². The number of hydrogen-bond donors (Lipinski definition) is 0. The zero-order chi connectivity index (χ0) is 26.2. The zero-order valence-corrected chi connectivity index (χ0v) is 20.7. The second-order valence-corrected chi connectivity index (χ2v) is 10.7. The number of anilines is 1. The van der Waals surface area contributed by atoms with Gasteiger partial charge in [0.25, 0.3) is 0 Å². The fraction of sp³-hybridized carbons (Fsp3) is 0.333. The van der Waals surface area contributed by atoms with Crippen molar-refractivity contribution in [1.29, 1.82) is 5.26 Å². The molecule has 3 saturated heterocycles. The fourth-order valence-corrected chi connectivity index (χ4v) is 6.93. The van der Waals surface area contributed by atoms with Gasteiger partial charge in [-0.3, -0.25) is 14.4 Å². The lowest BCUT2D eigenvalue weighted by atomic mass is 9.67. The Balaban J connectivity index is 1.18. The average molecular weight is 509 g/mol. The highest BCUT2D eigenvalue weighted by molar-refractivity contribution is 6.26. The first kappa shape index (κ1) is 22.9. The quantitative estimate of drug-likeness (QED) is 0.476. The molecule has 7 rings (SSSR count). The van der Waals surface area contributed by atoms with Crippen molar-refractivity contribution in [2.24, 2.45) is 11.8 Å². The average Bonchev–Trinajstić information content (AvgIpc) is 3.62. The van der Waals surface area contributed by atoms with Gasteiger partial charge in [0.15, 0.2) is 6.61 Å². The van der Waals surface area contributed by atoms with E-state index >= 15 is 0 Å². The van der Waals surface area contributed by atoms with Gasteiger partial charge in [0.1, 0.15) is 11.5 Å². The van der Waals surface area contributed by atoms with Crippen molar-refractivity contribution in [2.45, 2.75) is 37.4 Å². The SMILES string of the molecule is C[C@]12CC[C@](CCOc3ccc4c(c3)OCC4=O)(O1)[C@@H]1C(=O)N(c3ccc(C#N)c4ccccc34)C(=O)[C@@H]12. The first-order valence-electron chi connectivity index (χ1n) is 12.8. The van der Waals surface area contributed by atoms with Gasteiger partial charge in [-0.05, 0) is 44.0 Å². The molecule has 0 spiro atoms. The van der Waals surface area contributed by atoms with Crippen LogP contribution in [0.4, 0.5) is 5.69 Å². The highest BCUT2D eigenvalue weighted by Crippen LogP contribution is 2.62. The van der Waals surface area contributed by atoms with E-state index < -0.39 is 23.0 Å². The molecule has 4 atom stereocenters. The van der Waals surface area contributed by atoms with Crippen molar-refractivity contribution in [1.82, 2.24) is 0 Å². The van der Waals surface area contributed by atoms with Gasteiger partial charge in [-0.2, -0.15) is 5.26 Å². The van der Waals surface area contributed by atoms with E-state index in [1.165, 1.54) is 4.90 Å². The molecule has 190 valence electrons. The molecule has 38 heavy (non-hydrogen) atoms. The highest BCUT2D eigenvalue weighted by Gasteiger charge is 2.73. The molecule has 0 unspecified atom stereocenters.